The van der Waals surface area contributed by atoms with Crippen LogP contribution in [-0.2, 0) is 5.67 Å². The Morgan fingerprint density at radius 2 is 1.68 bits per heavy atom. The van der Waals surface area contributed by atoms with Crippen LogP contribution in [0.5, 0.6) is 0 Å². The highest BCUT2D eigenvalue weighted by Crippen LogP contribution is 2.49. The van der Waals surface area contributed by atoms with Gasteiger partial charge in [-0.15, -0.1) is 0 Å². The number of aromatic nitrogens is 2. The van der Waals surface area contributed by atoms with Crippen molar-refractivity contribution < 1.29 is 9.50 Å². The second kappa shape index (κ2) is 8.19. The van der Waals surface area contributed by atoms with Gasteiger partial charge in [0.05, 0.1) is 11.6 Å². The average molecular weight is 461 g/mol. The van der Waals surface area contributed by atoms with Gasteiger partial charge >= 0.3 is 0 Å². The van der Waals surface area contributed by atoms with E-state index in [0.717, 1.165) is 66.9 Å². The van der Waals surface area contributed by atoms with Crippen molar-refractivity contribution in [1.29, 1.82) is 0 Å². The Morgan fingerprint density at radius 3 is 2.35 bits per heavy atom. The molecule has 2 aliphatic heterocycles. The van der Waals surface area contributed by atoms with Crippen LogP contribution in [0.2, 0.25) is 0 Å². The maximum atomic E-state index is 15.2. The summed E-state index contributed by atoms with van der Waals surface area (Å²) >= 11 is 0. The summed E-state index contributed by atoms with van der Waals surface area (Å²) in [6, 6.07) is 13.0. The largest absolute Gasteiger partial charge is 0.391 e. The predicted octanol–water partition coefficient (Wildman–Crippen LogP) is 5.16. The summed E-state index contributed by atoms with van der Waals surface area (Å²) in [5, 5.41) is 11.1. The number of benzene rings is 2. The lowest BCUT2D eigenvalue weighted by molar-refractivity contribution is 0.198. The molecular weight excluding hydrogens is 427 g/mol. The molecule has 3 aromatic rings. The Labute approximate surface area is 200 Å². The van der Waals surface area contributed by atoms with Gasteiger partial charge in [-0.05, 0) is 80.7 Å². The van der Waals surface area contributed by atoms with Crippen molar-refractivity contribution in [2.75, 3.05) is 36.0 Å². The lowest BCUT2D eigenvalue weighted by atomic mass is 9.87. The van der Waals surface area contributed by atoms with E-state index < -0.39 is 5.67 Å². The van der Waals surface area contributed by atoms with Gasteiger partial charge in [-0.25, -0.2) is 14.4 Å². The molecule has 5 nitrogen and oxygen atoms in total. The molecule has 178 valence electrons. The Morgan fingerprint density at radius 1 is 0.941 bits per heavy atom. The summed E-state index contributed by atoms with van der Waals surface area (Å²) in [6.45, 7) is 7.54. The van der Waals surface area contributed by atoms with Crippen LogP contribution in [0.15, 0.2) is 36.4 Å². The molecule has 0 radical (unpaired) electrons. The van der Waals surface area contributed by atoms with E-state index in [-0.39, 0.29) is 6.10 Å². The van der Waals surface area contributed by atoms with Crippen LogP contribution in [0, 0.1) is 13.8 Å². The van der Waals surface area contributed by atoms with Crippen molar-refractivity contribution in [3.63, 3.8) is 0 Å². The van der Waals surface area contributed by atoms with Crippen LogP contribution >= 0.6 is 0 Å². The van der Waals surface area contributed by atoms with Crippen molar-refractivity contribution in [2.24, 2.45) is 0 Å². The second-order valence-electron chi connectivity index (χ2n) is 10.5. The van der Waals surface area contributed by atoms with E-state index in [9.17, 15) is 5.11 Å². The van der Waals surface area contributed by atoms with Crippen LogP contribution < -0.4 is 9.80 Å². The number of aliphatic hydroxyl groups is 1. The Balaban J connectivity index is 1.38. The van der Waals surface area contributed by atoms with Gasteiger partial charge in [0.2, 0.25) is 0 Å². The molecular formula is C28H33FN4O. The van der Waals surface area contributed by atoms with Crippen LogP contribution in [0.1, 0.15) is 60.5 Å². The Bertz CT molecular complexity index is 1230. The third-order valence-corrected chi connectivity index (χ3v) is 8.00. The van der Waals surface area contributed by atoms with Crippen LogP contribution in [0.25, 0.3) is 10.9 Å². The van der Waals surface area contributed by atoms with Gasteiger partial charge in [-0.1, -0.05) is 24.3 Å². The molecule has 3 fully saturated rings. The Kier molecular flexibility index (Phi) is 5.25. The molecule has 1 saturated carbocycles. The molecule has 6 rings (SSSR count). The maximum absolute atomic E-state index is 15.2. The van der Waals surface area contributed by atoms with E-state index in [2.05, 4.69) is 60.0 Å². The average Bonchev–Trinajstić information content (AvgIpc) is 3.45. The minimum atomic E-state index is -1.37. The van der Waals surface area contributed by atoms with Gasteiger partial charge in [0.25, 0.3) is 0 Å². The van der Waals surface area contributed by atoms with Crippen LogP contribution in [-0.4, -0.2) is 47.4 Å². The number of piperidine rings is 1. The fraction of sp³-hybridized carbons (Fsp3) is 0.500. The second-order valence-corrected chi connectivity index (χ2v) is 10.5. The number of aliphatic hydroxyl groups excluding tert-OH is 1. The quantitative estimate of drug-likeness (QED) is 0.583. The predicted molar refractivity (Wildman–Crippen MR) is 134 cm³/mol. The minimum absolute atomic E-state index is 0.282. The fourth-order valence-electron chi connectivity index (χ4n) is 5.75. The SMILES string of the molecule is Cc1ccccc1C1CCN(c2nc(C3(F)CC3)nc3c(C)cc(N4CC[C@H](O)C4)cc23)CC1. The highest BCUT2D eigenvalue weighted by Gasteiger charge is 2.48. The van der Waals surface area contributed by atoms with E-state index in [1.165, 1.54) is 11.1 Å². The standard InChI is InChI=1S/C28H33FN4O/c1-18-5-3-4-6-23(18)20-7-12-32(13-8-20)26-24-16-21(33-14-9-22(34)17-33)15-19(2)25(24)30-27(31-26)28(29)10-11-28/h3-6,15-16,20,22,34H,7-14,17H2,1-2H3/t22-/m0/s1. The molecule has 1 atom stereocenters. The van der Waals surface area contributed by atoms with Gasteiger partial charge in [0.1, 0.15) is 5.82 Å². The number of nitrogens with zero attached hydrogens (tertiary/aromatic N) is 4. The third kappa shape index (κ3) is 3.82. The molecule has 3 heterocycles. The van der Waals surface area contributed by atoms with E-state index >= 15 is 4.39 Å². The first-order valence-corrected chi connectivity index (χ1v) is 12.7. The van der Waals surface area contributed by atoms with Crippen molar-refractivity contribution >= 4 is 22.4 Å². The number of rotatable bonds is 4. The number of hydrogen-bond acceptors (Lipinski definition) is 5. The summed E-state index contributed by atoms with van der Waals surface area (Å²) in [5.74, 6) is 1.77. The normalized spacial score (nSPS) is 22.5. The van der Waals surface area contributed by atoms with E-state index in [0.29, 0.717) is 31.1 Å². The summed E-state index contributed by atoms with van der Waals surface area (Å²) in [4.78, 5) is 14.2. The monoisotopic (exact) mass is 460 g/mol. The molecule has 6 heteroatoms. The molecule has 1 N–H and O–H groups in total. The highest BCUT2D eigenvalue weighted by molar-refractivity contribution is 5.94. The topological polar surface area (TPSA) is 52.5 Å². The van der Waals surface area contributed by atoms with Gasteiger partial charge in [-0.3, -0.25) is 0 Å². The number of aryl methyl sites for hydroxylation is 2. The smallest absolute Gasteiger partial charge is 0.170 e. The molecule has 2 aromatic carbocycles. The molecule has 1 aromatic heterocycles. The first-order chi connectivity index (χ1) is 16.4. The summed E-state index contributed by atoms with van der Waals surface area (Å²) in [7, 11) is 0. The number of fused-ring (bicyclic) bond motifs is 1. The molecule has 34 heavy (non-hydrogen) atoms. The molecule has 0 bridgehead atoms. The van der Waals surface area contributed by atoms with Crippen molar-refractivity contribution in [2.45, 2.75) is 63.6 Å². The lowest BCUT2D eigenvalue weighted by Gasteiger charge is -2.34. The number of anilines is 2. The minimum Gasteiger partial charge on any atom is -0.391 e. The number of hydrogen-bond donors (Lipinski definition) is 1. The van der Waals surface area contributed by atoms with Gasteiger partial charge in [-0.2, -0.15) is 0 Å². The third-order valence-electron chi connectivity index (χ3n) is 8.00. The molecule has 0 spiro atoms. The van der Waals surface area contributed by atoms with E-state index in [4.69, 9.17) is 9.97 Å². The van der Waals surface area contributed by atoms with Gasteiger partial charge in [0.15, 0.2) is 11.5 Å². The van der Waals surface area contributed by atoms with Gasteiger partial charge in [0, 0.05) is 37.3 Å². The van der Waals surface area contributed by atoms with Crippen molar-refractivity contribution in [3.05, 3.63) is 58.9 Å². The molecule has 2 saturated heterocycles. The molecule has 1 aliphatic carbocycles. The summed E-state index contributed by atoms with van der Waals surface area (Å²) in [5.41, 5.74) is 4.42. The first kappa shape index (κ1) is 21.8. The molecule has 0 unspecified atom stereocenters. The fourth-order valence-corrected chi connectivity index (χ4v) is 5.75. The van der Waals surface area contributed by atoms with Crippen LogP contribution in [0.3, 0.4) is 0 Å². The zero-order valence-electron chi connectivity index (χ0n) is 20.1. The Hall–Kier alpha value is -2.73. The number of β-amino-alcohol motifs (C(OH)–C–C–N with tert-alkyl or cyclic N) is 1. The number of halogens is 1. The van der Waals surface area contributed by atoms with Crippen LogP contribution in [0.4, 0.5) is 15.9 Å². The van der Waals surface area contributed by atoms with Crippen molar-refractivity contribution in [1.82, 2.24) is 9.97 Å². The van der Waals surface area contributed by atoms with Crippen molar-refractivity contribution in [3.8, 4) is 0 Å². The first-order valence-electron chi connectivity index (χ1n) is 12.7. The maximum Gasteiger partial charge on any atom is 0.170 e. The summed E-state index contributed by atoms with van der Waals surface area (Å²) in [6.07, 6.45) is 3.64. The zero-order valence-corrected chi connectivity index (χ0v) is 20.1. The number of alkyl halides is 1. The van der Waals surface area contributed by atoms with E-state index in [1.807, 2.05) is 0 Å². The van der Waals surface area contributed by atoms with E-state index in [1.54, 1.807) is 0 Å². The zero-order chi connectivity index (χ0) is 23.4. The summed E-state index contributed by atoms with van der Waals surface area (Å²) < 4.78 is 15.2. The lowest BCUT2D eigenvalue weighted by Crippen LogP contribution is -2.34. The highest BCUT2D eigenvalue weighted by atomic mass is 19.1. The molecule has 0 amide bonds. The van der Waals surface area contributed by atoms with Gasteiger partial charge < -0.3 is 14.9 Å². The molecule has 3 aliphatic rings.